The number of aliphatic hydroxyl groups is 1. The molecule has 0 spiro atoms. The van der Waals surface area contributed by atoms with Gasteiger partial charge in [0.15, 0.2) is 6.04 Å². The first-order valence-corrected chi connectivity index (χ1v) is 9.95. The lowest BCUT2D eigenvalue weighted by Crippen LogP contribution is -2.58. The number of rotatable bonds is 16. The molecular weight excluding hydrogens is 462 g/mol. The number of aliphatic hydroxyl groups excluding tert-OH is 1. The Morgan fingerprint density at radius 2 is 1.29 bits per heavy atom. The highest BCUT2D eigenvalue weighted by Gasteiger charge is 2.32. The van der Waals surface area contributed by atoms with E-state index in [0.29, 0.717) is 0 Å². The van der Waals surface area contributed by atoms with Crippen LogP contribution in [0.1, 0.15) is 39.0 Å². The number of hydrogen-bond donors (Lipinski definition) is 9. The lowest BCUT2D eigenvalue weighted by Gasteiger charge is -2.25. The quantitative estimate of drug-likeness (QED) is 0.0993. The summed E-state index contributed by atoms with van der Waals surface area (Å²) in [5.74, 6) is -8.58. The maximum absolute atomic E-state index is 12.6. The first kappa shape index (κ1) is 30.2. The van der Waals surface area contributed by atoms with Crippen molar-refractivity contribution in [1.29, 1.82) is 0 Å². The molecule has 0 aromatic rings. The van der Waals surface area contributed by atoms with Gasteiger partial charge in [-0.05, 0) is 19.8 Å². The molecule has 5 atom stereocenters. The van der Waals surface area contributed by atoms with Crippen LogP contribution in [0.2, 0.25) is 0 Å². The summed E-state index contributed by atoms with van der Waals surface area (Å²) in [6.07, 6.45) is -4.10. The number of aliphatic carboxylic acids is 3. The van der Waals surface area contributed by atoms with E-state index in [9.17, 15) is 38.7 Å². The smallest absolute Gasteiger partial charge is 0.328 e. The van der Waals surface area contributed by atoms with Crippen LogP contribution < -0.4 is 27.4 Å². The van der Waals surface area contributed by atoms with Crippen molar-refractivity contribution in [3.05, 3.63) is 0 Å². The second-order valence-corrected chi connectivity index (χ2v) is 7.33. The minimum absolute atomic E-state index is 0.192. The number of carboxylic acids is 3. The van der Waals surface area contributed by atoms with Crippen LogP contribution in [0.25, 0.3) is 0 Å². The molecule has 0 bridgehead atoms. The lowest BCUT2D eigenvalue weighted by atomic mass is 10.1. The molecule has 34 heavy (non-hydrogen) atoms. The van der Waals surface area contributed by atoms with Crippen LogP contribution in [-0.4, -0.2) is 92.2 Å². The van der Waals surface area contributed by atoms with Gasteiger partial charge in [-0.15, -0.1) is 0 Å². The number of hydrogen-bond acceptors (Lipinski definition) is 9. The van der Waals surface area contributed by atoms with Gasteiger partial charge in [0.1, 0.15) is 12.1 Å². The normalized spacial score (nSPS) is 15.0. The summed E-state index contributed by atoms with van der Waals surface area (Å²) < 4.78 is 0. The molecule has 5 unspecified atom stereocenters. The fourth-order valence-corrected chi connectivity index (χ4v) is 2.54. The summed E-state index contributed by atoms with van der Waals surface area (Å²) in [5, 5.41) is 42.6. The van der Waals surface area contributed by atoms with Gasteiger partial charge < -0.3 is 47.8 Å². The molecule has 0 aliphatic carbocycles. The number of nitrogens with one attached hydrogen (secondary N) is 3. The fraction of sp³-hybridized carbons (Fsp3) is 0.611. The minimum atomic E-state index is -1.78. The summed E-state index contributed by atoms with van der Waals surface area (Å²) >= 11 is 0. The van der Waals surface area contributed by atoms with Crippen LogP contribution in [0.5, 0.6) is 0 Å². The topological polar surface area (TPSA) is 289 Å². The van der Waals surface area contributed by atoms with Gasteiger partial charge >= 0.3 is 17.9 Å². The van der Waals surface area contributed by atoms with Crippen molar-refractivity contribution in [2.75, 3.05) is 0 Å². The van der Waals surface area contributed by atoms with E-state index in [-0.39, 0.29) is 12.8 Å². The Morgan fingerprint density at radius 3 is 1.74 bits per heavy atom. The zero-order chi connectivity index (χ0) is 26.6. The first-order valence-electron chi connectivity index (χ1n) is 9.95. The molecule has 0 aliphatic rings. The van der Waals surface area contributed by atoms with Crippen molar-refractivity contribution in [1.82, 2.24) is 16.0 Å². The van der Waals surface area contributed by atoms with E-state index < -0.39 is 91.1 Å². The fourth-order valence-electron chi connectivity index (χ4n) is 2.54. The van der Waals surface area contributed by atoms with E-state index in [2.05, 4.69) is 10.6 Å². The molecule has 0 aliphatic heterocycles. The molecule has 0 aromatic carbocycles. The second-order valence-electron chi connectivity index (χ2n) is 7.33. The Bertz CT molecular complexity index is 801. The van der Waals surface area contributed by atoms with E-state index in [0.717, 1.165) is 6.92 Å². The molecule has 192 valence electrons. The molecule has 0 rings (SSSR count). The van der Waals surface area contributed by atoms with E-state index in [1.165, 1.54) is 0 Å². The Balaban J connectivity index is 5.56. The molecule has 0 fully saturated rings. The van der Waals surface area contributed by atoms with Gasteiger partial charge in [0, 0.05) is 12.8 Å². The van der Waals surface area contributed by atoms with Crippen LogP contribution in [0.3, 0.4) is 0 Å². The van der Waals surface area contributed by atoms with Crippen LogP contribution >= 0.6 is 0 Å². The van der Waals surface area contributed by atoms with Crippen molar-refractivity contribution in [2.24, 2.45) is 11.5 Å². The zero-order valence-corrected chi connectivity index (χ0v) is 18.2. The minimum Gasteiger partial charge on any atom is -0.481 e. The molecule has 0 aromatic heterocycles. The molecule has 4 amide bonds. The SMILES string of the molecule is CC(O)C(NC(=O)C(CCC(=O)O)NC(=O)C(CC(=O)O)NC(=O)C(N)CCC(N)=O)C(=O)O. The third-order valence-corrected chi connectivity index (χ3v) is 4.38. The third-order valence-electron chi connectivity index (χ3n) is 4.38. The molecular formula is C18H29N5O11. The van der Waals surface area contributed by atoms with Crippen LogP contribution in [0.4, 0.5) is 0 Å². The second kappa shape index (κ2) is 14.4. The average Bonchev–Trinajstić information content (AvgIpc) is 2.70. The average molecular weight is 491 g/mol. The van der Waals surface area contributed by atoms with Gasteiger partial charge in [0.05, 0.1) is 18.6 Å². The maximum atomic E-state index is 12.6. The number of nitrogens with two attached hydrogens (primary N) is 2. The maximum Gasteiger partial charge on any atom is 0.328 e. The van der Waals surface area contributed by atoms with Crippen LogP contribution in [0.15, 0.2) is 0 Å². The summed E-state index contributed by atoms with van der Waals surface area (Å²) in [5.41, 5.74) is 10.5. The van der Waals surface area contributed by atoms with Gasteiger partial charge in [-0.1, -0.05) is 0 Å². The third kappa shape index (κ3) is 11.7. The largest absolute Gasteiger partial charge is 0.481 e. The van der Waals surface area contributed by atoms with E-state index in [1.54, 1.807) is 0 Å². The summed E-state index contributed by atoms with van der Waals surface area (Å²) in [7, 11) is 0. The van der Waals surface area contributed by atoms with Crippen molar-refractivity contribution in [3.8, 4) is 0 Å². The van der Waals surface area contributed by atoms with Gasteiger partial charge in [-0.3, -0.25) is 28.8 Å². The van der Waals surface area contributed by atoms with Gasteiger partial charge in [0.2, 0.25) is 23.6 Å². The Hall–Kier alpha value is -3.79. The molecule has 16 nitrogen and oxygen atoms in total. The number of primary amides is 1. The number of amides is 4. The Labute approximate surface area is 193 Å². The zero-order valence-electron chi connectivity index (χ0n) is 18.2. The van der Waals surface area contributed by atoms with Crippen LogP contribution in [-0.2, 0) is 33.6 Å². The molecule has 0 radical (unpaired) electrons. The highest BCUT2D eigenvalue weighted by molar-refractivity contribution is 5.96. The van der Waals surface area contributed by atoms with E-state index in [4.69, 9.17) is 26.8 Å². The van der Waals surface area contributed by atoms with Crippen LogP contribution in [0, 0.1) is 0 Å². The van der Waals surface area contributed by atoms with Crippen molar-refractivity contribution < 1.29 is 54.0 Å². The molecule has 0 saturated heterocycles. The van der Waals surface area contributed by atoms with Gasteiger partial charge in [0.25, 0.3) is 0 Å². The predicted octanol–water partition coefficient (Wildman–Crippen LogP) is -4.16. The monoisotopic (exact) mass is 491 g/mol. The van der Waals surface area contributed by atoms with E-state index in [1.807, 2.05) is 5.32 Å². The van der Waals surface area contributed by atoms with Gasteiger partial charge in [-0.2, -0.15) is 0 Å². The lowest BCUT2D eigenvalue weighted by molar-refractivity contribution is -0.146. The Morgan fingerprint density at radius 1 is 0.765 bits per heavy atom. The molecule has 0 heterocycles. The summed E-state index contributed by atoms with van der Waals surface area (Å²) in [4.78, 5) is 81.3. The highest BCUT2D eigenvalue weighted by Crippen LogP contribution is 2.04. The number of carboxylic acid groups (broad SMARTS) is 3. The summed E-state index contributed by atoms with van der Waals surface area (Å²) in [6, 6.07) is -6.50. The van der Waals surface area contributed by atoms with Crippen molar-refractivity contribution in [3.63, 3.8) is 0 Å². The molecule has 16 heteroatoms. The first-order chi connectivity index (χ1) is 15.6. The molecule has 11 N–H and O–H groups in total. The standard InChI is InChI=1S/C18H29N5O11/c1-7(24)14(18(33)34)23-16(31)9(3-5-12(26)27)21-17(32)10(6-13(28)29)22-15(30)8(19)2-4-11(20)25/h7-10,14,24H,2-6,19H2,1H3,(H2,20,25)(H,21,32)(H,22,30)(H,23,31)(H,26,27)(H,28,29)(H,33,34). The van der Waals surface area contributed by atoms with Gasteiger partial charge in [-0.25, -0.2) is 4.79 Å². The predicted molar refractivity (Wildman–Crippen MR) is 111 cm³/mol. The van der Waals surface area contributed by atoms with Crippen molar-refractivity contribution in [2.45, 2.75) is 69.3 Å². The summed E-state index contributed by atoms with van der Waals surface area (Å²) in [6.45, 7) is 1.07. The number of carbonyl (C=O) groups is 7. The molecule has 0 saturated carbocycles. The van der Waals surface area contributed by atoms with E-state index >= 15 is 0 Å². The Kier molecular flexibility index (Phi) is 12.8. The highest BCUT2D eigenvalue weighted by atomic mass is 16.4. The number of carbonyl (C=O) groups excluding carboxylic acids is 4. The van der Waals surface area contributed by atoms with Crippen molar-refractivity contribution >= 4 is 41.5 Å².